The van der Waals surface area contributed by atoms with Gasteiger partial charge in [0.15, 0.2) is 16.0 Å². The minimum Gasteiger partial charge on any atom is -0.352 e. The molecule has 2 nitrogen and oxygen atoms in total. The van der Waals surface area contributed by atoms with Crippen molar-refractivity contribution in [3.8, 4) is 0 Å². The molecule has 2 unspecified atom stereocenters. The van der Waals surface area contributed by atoms with Crippen LogP contribution in [0.2, 0.25) is 0 Å². The van der Waals surface area contributed by atoms with Crippen LogP contribution in [0, 0.1) is 0 Å². The first kappa shape index (κ1) is 10.1. The van der Waals surface area contributed by atoms with Crippen LogP contribution in [0.15, 0.2) is 0 Å². The zero-order chi connectivity index (χ0) is 9.14. The standard InChI is InChI=1S/C8H16B2N2/c1-11(9)7-5-3-4-6-8(7)12(2)10/h7-8H,3-6H2,1-2H3. The van der Waals surface area contributed by atoms with Crippen LogP contribution in [0.1, 0.15) is 25.7 Å². The van der Waals surface area contributed by atoms with E-state index in [1.807, 2.05) is 14.1 Å². The first-order valence-corrected chi connectivity index (χ1v) is 4.58. The van der Waals surface area contributed by atoms with E-state index < -0.39 is 0 Å². The van der Waals surface area contributed by atoms with Crippen LogP contribution >= 0.6 is 0 Å². The molecular formula is C8H16B2N2. The van der Waals surface area contributed by atoms with E-state index in [4.69, 9.17) is 16.0 Å². The highest BCUT2D eigenvalue weighted by atomic mass is 15.1. The van der Waals surface area contributed by atoms with Gasteiger partial charge in [0, 0.05) is 12.1 Å². The van der Waals surface area contributed by atoms with Gasteiger partial charge in [-0.15, -0.1) is 0 Å². The van der Waals surface area contributed by atoms with Crippen LogP contribution in [0.3, 0.4) is 0 Å². The zero-order valence-electron chi connectivity index (χ0n) is 8.03. The summed E-state index contributed by atoms with van der Waals surface area (Å²) in [7, 11) is 15.3. The second-order valence-corrected chi connectivity index (χ2v) is 3.75. The largest absolute Gasteiger partial charge is 0.352 e. The van der Waals surface area contributed by atoms with E-state index in [9.17, 15) is 0 Å². The summed E-state index contributed by atoms with van der Waals surface area (Å²) in [5.41, 5.74) is 0. The molecule has 1 aliphatic rings. The Balaban J connectivity index is 2.54. The van der Waals surface area contributed by atoms with Crippen LogP contribution in [0.4, 0.5) is 0 Å². The monoisotopic (exact) mass is 162 g/mol. The summed E-state index contributed by atoms with van der Waals surface area (Å²) in [6, 6.07) is 0.850. The maximum Gasteiger partial charge on any atom is 0.182 e. The van der Waals surface area contributed by atoms with Crippen molar-refractivity contribution >= 4 is 16.0 Å². The fraction of sp³-hybridized carbons (Fsp3) is 1.00. The summed E-state index contributed by atoms with van der Waals surface area (Å²) in [6.45, 7) is 0. The van der Waals surface area contributed by atoms with Gasteiger partial charge in [0.05, 0.1) is 0 Å². The minimum absolute atomic E-state index is 0.425. The van der Waals surface area contributed by atoms with Crippen LogP contribution in [-0.2, 0) is 0 Å². The van der Waals surface area contributed by atoms with Crippen LogP contribution < -0.4 is 0 Å². The molecule has 2 atom stereocenters. The van der Waals surface area contributed by atoms with Crippen LogP contribution in [0.5, 0.6) is 0 Å². The van der Waals surface area contributed by atoms with Crippen molar-refractivity contribution in [2.24, 2.45) is 0 Å². The van der Waals surface area contributed by atoms with Gasteiger partial charge in [0.2, 0.25) is 0 Å². The topological polar surface area (TPSA) is 6.48 Å². The van der Waals surface area contributed by atoms with E-state index >= 15 is 0 Å². The highest BCUT2D eigenvalue weighted by molar-refractivity contribution is 6.05. The van der Waals surface area contributed by atoms with E-state index in [-0.39, 0.29) is 0 Å². The number of nitrogens with zero attached hydrogens (tertiary/aromatic N) is 2. The number of likely N-dealkylation sites (N-methyl/N-ethyl adjacent to an activating group) is 2. The van der Waals surface area contributed by atoms with Gasteiger partial charge < -0.3 is 9.62 Å². The van der Waals surface area contributed by atoms with Gasteiger partial charge >= 0.3 is 0 Å². The molecule has 0 N–H and O–H groups in total. The molecule has 1 rings (SSSR count). The van der Waals surface area contributed by atoms with Crippen molar-refractivity contribution < 1.29 is 0 Å². The highest BCUT2D eigenvalue weighted by Crippen LogP contribution is 2.23. The van der Waals surface area contributed by atoms with E-state index in [0.717, 1.165) is 0 Å². The fourth-order valence-electron chi connectivity index (χ4n) is 2.04. The molecule has 0 amide bonds. The molecule has 0 aromatic rings. The third kappa shape index (κ3) is 2.27. The Morgan fingerprint density at radius 1 is 0.917 bits per heavy atom. The molecule has 12 heavy (non-hydrogen) atoms. The summed E-state index contributed by atoms with van der Waals surface area (Å²) < 4.78 is 0. The maximum absolute atomic E-state index is 5.75. The van der Waals surface area contributed by atoms with E-state index in [2.05, 4.69) is 0 Å². The lowest BCUT2D eigenvalue weighted by Gasteiger charge is -2.40. The van der Waals surface area contributed by atoms with Crippen LogP contribution in [-0.4, -0.2) is 51.8 Å². The summed E-state index contributed by atoms with van der Waals surface area (Å²) in [5.74, 6) is 0. The lowest BCUT2D eigenvalue weighted by atomic mass is 9.86. The van der Waals surface area contributed by atoms with Crippen molar-refractivity contribution in [3.63, 3.8) is 0 Å². The molecule has 1 saturated carbocycles. The predicted molar refractivity (Wildman–Crippen MR) is 53.1 cm³/mol. The Morgan fingerprint density at radius 2 is 1.25 bits per heavy atom. The van der Waals surface area contributed by atoms with Gasteiger partial charge in [-0.25, -0.2) is 0 Å². The smallest absolute Gasteiger partial charge is 0.182 e. The van der Waals surface area contributed by atoms with E-state index in [1.54, 1.807) is 9.62 Å². The van der Waals surface area contributed by atoms with Gasteiger partial charge in [-0.05, 0) is 26.9 Å². The molecule has 0 aromatic heterocycles. The van der Waals surface area contributed by atoms with Gasteiger partial charge in [0.1, 0.15) is 0 Å². The second kappa shape index (κ2) is 4.33. The molecule has 0 saturated heterocycles. The minimum atomic E-state index is 0.425. The van der Waals surface area contributed by atoms with Gasteiger partial charge in [-0.3, -0.25) is 0 Å². The SMILES string of the molecule is [B]N(C)C1CCCCC1N([B])C. The van der Waals surface area contributed by atoms with Gasteiger partial charge in [-0.2, -0.15) is 0 Å². The summed E-state index contributed by atoms with van der Waals surface area (Å²) in [5, 5.41) is 0. The third-order valence-corrected chi connectivity index (χ3v) is 2.74. The molecule has 1 aliphatic carbocycles. The molecule has 0 aliphatic heterocycles. The normalized spacial score (nSPS) is 31.3. The van der Waals surface area contributed by atoms with Crippen molar-refractivity contribution in [1.82, 2.24) is 9.62 Å². The summed E-state index contributed by atoms with van der Waals surface area (Å²) in [4.78, 5) is 3.60. The second-order valence-electron chi connectivity index (χ2n) is 3.75. The van der Waals surface area contributed by atoms with Crippen molar-refractivity contribution in [3.05, 3.63) is 0 Å². The first-order valence-electron chi connectivity index (χ1n) is 4.58. The highest BCUT2D eigenvalue weighted by Gasteiger charge is 2.26. The number of rotatable bonds is 2. The van der Waals surface area contributed by atoms with E-state index in [1.165, 1.54) is 25.7 Å². The molecule has 0 spiro atoms. The summed E-state index contributed by atoms with van der Waals surface area (Å²) in [6.07, 6.45) is 4.88. The molecular weight excluding hydrogens is 146 g/mol. The van der Waals surface area contributed by atoms with Gasteiger partial charge in [0.25, 0.3) is 0 Å². The quantitative estimate of drug-likeness (QED) is 0.539. The predicted octanol–water partition coefficient (Wildman–Crippen LogP) is 0.328. The molecule has 0 aromatic carbocycles. The Hall–Kier alpha value is 0.0499. The molecule has 64 valence electrons. The maximum atomic E-state index is 5.75. The Bertz CT molecular complexity index is 123. The van der Waals surface area contributed by atoms with Crippen LogP contribution in [0.25, 0.3) is 0 Å². The molecule has 4 heteroatoms. The molecule has 1 fully saturated rings. The average molecular weight is 162 g/mol. The third-order valence-electron chi connectivity index (χ3n) is 2.74. The average Bonchev–Trinajstić information content (AvgIpc) is 2.04. The number of hydrogen-bond donors (Lipinski definition) is 0. The molecule has 4 radical (unpaired) electrons. The van der Waals surface area contributed by atoms with Gasteiger partial charge in [-0.1, -0.05) is 12.8 Å². The Morgan fingerprint density at radius 3 is 1.50 bits per heavy atom. The van der Waals surface area contributed by atoms with Crippen molar-refractivity contribution in [2.75, 3.05) is 14.1 Å². The lowest BCUT2D eigenvalue weighted by molar-refractivity contribution is 0.180. The Labute approximate surface area is 78.2 Å². The first-order chi connectivity index (χ1) is 5.63. The van der Waals surface area contributed by atoms with Crippen molar-refractivity contribution in [2.45, 2.75) is 37.8 Å². The fourth-order valence-corrected chi connectivity index (χ4v) is 2.04. The molecule has 0 heterocycles. The van der Waals surface area contributed by atoms with Crippen molar-refractivity contribution in [1.29, 1.82) is 0 Å². The Kier molecular flexibility index (Phi) is 3.66. The molecule has 0 bridgehead atoms. The number of hydrogen-bond acceptors (Lipinski definition) is 2. The summed E-state index contributed by atoms with van der Waals surface area (Å²) >= 11 is 0. The van der Waals surface area contributed by atoms with E-state index in [0.29, 0.717) is 12.1 Å². The zero-order valence-corrected chi connectivity index (χ0v) is 8.03. The lowest BCUT2D eigenvalue weighted by Crippen LogP contribution is -2.49.